The first-order chi connectivity index (χ1) is 9.93. The molecule has 1 aliphatic rings. The maximum absolute atomic E-state index is 12.5. The normalized spacial score (nSPS) is 23.9. The first kappa shape index (κ1) is 16.3. The molecule has 0 aliphatic carbocycles. The van der Waals surface area contributed by atoms with E-state index in [1.54, 1.807) is 7.11 Å². The van der Waals surface area contributed by atoms with Crippen molar-refractivity contribution in [2.24, 2.45) is 0 Å². The second kappa shape index (κ2) is 6.79. The zero-order chi connectivity index (χ0) is 15.6. The van der Waals surface area contributed by atoms with Crippen LogP contribution in [0.4, 0.5) is 5.69 Å². The van der Waals surface area contributed by atoms with Gasteiger partial charge in [-0.2, -0.15) is 0 Å². The summed E-state index contributed by atoms with van der Waals surface area (Å²) in [5.41, 5.74) is 0.697. The van der Waals surface area contributed by atoms with Gasteiger partial charge in [-0.1, -0.05) is 15.9 Å². The van der Waals surface area contributed by atoms with Gasteiger partial charge >= 0.3 is 0 Å². The van der Waals surface area contributed by atoms with Crippen molar-refractivity contribution in [3.8, 4) is 5.75 Å². The van der Waals surface area contributed by atoms with E-state index in [2.05, 4.69) is 40.0 Å². The van der Waals surface area contributed by atoms with Crippen molar-refractivity contribution >= 4 is 27.5 Å². The van der Waals surface area contributed by atoms with Crippen LogP contribution in [0.2, 0.25) is 0 Å². The first-order valence-corrected chi connectivity index (χ1v) is 8.15. The Kier molecular flexibility index (Phi) is 5.27. The fourth-order valence-corrected chi connectivity index (χ4v) is 3.49. The highest BCUT2D eigenvalue weighted by atomic mass is 79.9. The maximum Gasteiger partial charge on any atom is 0.241 e. The molecule has 1 aliphatic heterocycles. The molecule has 1 saturated heterocycles. The molecule has 4 nitrogen and oxygen atoms in total. The quantitative estimate of drug-likeness (QED) is 0.896. The number of halogens is 1. The van der Waals surface area contributed by atoms with E-state index in [1.807, 2.05) is 25.1 Å². The SMILES string of the molecule is COc1ccc(Br)cc1NC(=O)C(C)N1C(C)CCC1C. The molecule has 1 aromatic rings. The molecule has 1 heterocycles. The van der Waals surface area contributed by atoms with Gasteiger partial charge in [0.25, 0.3) is 0 Å². The Labute approximate surface area is 135 Å². The summed E-state index contributed by atoms with van der Waals surface area (Å²) in [7, 11) is 1.60. The van der Waals surface area contributed by atoms with Crippen molar-refractivity contribution < 1.29 is 9.53 Å². The van der Waals surface area contributed by atoms with Crippen LogP contribution in [-0.2, 0) is 4.79 Å². The van der Waals surface area contributed by atoms with Crippen LogP contribution in [0, 0.1) is 0 Å². The molecule has 0 saturated carbocycles. The van der Waals surface area contributed by atoms with Crippen LogP contribution in [0.3, 0.4) is 0 Å². The maximum atomic E-state index is 12.5. The Hall–Kier alpha value is -1.07. The largest absolute Gasteiger partial charge is 0.495 e. The van der Waals surface area contributed by atoms with Crippen molar-refractivity contribution in [3.05, 3.63) is 22.7 Å². The Morgan fingerprint density at radius 3 is 2.57 bits per heavy atom. The minimum atomic E-state index is -0.152. The topological polar surface area (TPSA) is 41.6 Å². The Balaban J connectivity index is 2.12. The van der Waals surface area contributed by atoms with E-state index in [0.29, 0.717) is 23.5 Å². The Morgan fingerprint density at radius 2 is 2.00 bits per heavy atom. The van der Waals surface area contributed by atoms with Gasteiger partial charge in [0.1, 0.15) is 5.75 Å². The van der Waals surface area contributed by atoms with Gasteiger partial charge in [0.15, 0.2) is 0 Å². The number of methoxy groups -OCH3 is 1. The summed E-state index contributed by atoms with van der Waals surface area (Å²) in [6, 6.07) is 6.34. The second-order valence-electron chi connectivity index (χ2n) is 5.73. The van der Waals surface area contributed by atoms with Crippen molar-refractivity contribution in [2.45, 2.75) is 51.7 Å². The molecule has 116 valence electrons. The molecule has 0 spiro atoms. The minimum Gasteiger partial charge on any atom is -0.495 e. The lowest BCUT2D eigenvalue weighted by molar-refractivity contribution is -0.121. The number of hydrogen-bond acceptors (Lipinski definition) is 3. The van der Waals surface area contributed by atoms with Gasteiger partial charge in [-0.3, -0.25) is 9.69 Å². The number of nitrogens with zero attached hydrogens (tertiary/aromatic N) is 1. The number of benzene rings is 1. The van der Waals surface area contributed by atoms with E-state index in [9.17, 15) is 4.79 Å². The molecule has 0 radical (unpaired) electrons. The van der Waals surface area contributed by atoms with E-state index < -0.39 is 0 Å². The minimum absolute atomic E-state index is 0.00648. The van der Waals surface area contributed by atoms with Crippen molar-refractivity contribution in [3.63, 3.8) is 0 Å². The van der Waals surface area contributed by atoms with E-state index in [0.717, 1.165) is 17.3 Å². The summed E-state index contributed by atoms with van der Waals surface area (Å²) in [6.07, 6.45) is 2.30. The van der Waals surface area contributed by atoms with Crippen LogP contribution in [0.15, 0.2) is 22.7 Å². The van der Waals surface area contributed by atoms with Crippen molar-refractivity contribution in [1.29, 1.82) is 0 Å². The molecule has 1 aromatic carbocycles. The van der Waals surface area contributed by atoms with Gasteiger partial charge in [0.05, 0.1) is 18.8 Å². The molecule has 3 atom stereocenters. The summed E-state index contributed by atoms with van der Waals surface area (Å²) in [4.78, 5) is 14.8. The number of carbonyl (C=O) groups excluding carboxylic acids is 1. The molecule has 5 heteroatoms. The van der Waals surface area contributed by atoms with Gasteiger partial charge in [0, 0.05) is 16.6 Å². The smallest absolute Gasteiger partial charge is 0.241 e. The molecule has 1 amide bonds. The summed E-state index contributed by atoms with van der Waals surface area (Å²) in [5.74, 6) is 0.674. The molecule has 2 rings (SSSR count). The molecule has 3 unspecified atom stereocenters. The molecule has 1 N–H and O–H groups in total. The number of rotatable bonds is 4. The standard InChI is InChI=1S/C16H23BrN2O2/c1-10-5-6-11(2)19(10)12(3)16(20)18-14-9-13(17)7-8-15(14)21-4/h7-12H,5-6H2,1-4H3,(H,18,20). The summed E-state index contributed by atoms with van der Waals surface area (Å²) < 4.78 is 6.21. The van der Waals surface area contributed by atoms with Gasteiger partial charge in [-0.15, -0.1) is 0 Å². The zero-order valence-electron chi connectivity index (χ0n) is 13.0. The fourth-order valence-electron chi connectivity index (χ4n) is 3.13. The van der Waals surface area contributed by atoms with E-state index in [4.69, 9.17) is 4.74 Å². The lowest BCUT2D eigenvalue weighted by Gasteiger charge is -2.31. The molecule has 0 bridgehead atoms. The van der Waals surface area contributed by atoms with Crippen LogP contribution < -0.4 is 10.1 Å². The molecule has 0 aromatic heterocycles. The van der Waals surface area contributed by atoms with Crippen LogP contribution in [0.5, 0.6) is 5.75 Å². The molecule has 21 heavy (non-hydrogen) atoms. The third-order valence-corrected chi connectivity index (χ3v) is 4.76. The van der Waals surface area contributed by atoms with E-state index in [-0.39, 0.29) is 11.9 Å². The van der Waals surface area contributed by atoms with Crippen molar-refractivity contribution in [2.75, 3.05) is 12.4 Å². The number of likely N-dealkylation sites (tertiary alicyclic amines) is 1. The number of amides is 1. The summed E-state index contributed by atoms with van der Waals surface area (Å²) in [6.45, 7) is 6.35. The number of hydrogen-bond donors (Lipinski definition) is 1. The van der Waals surface area contributed by atoms with E-state index >= 15 is 0 Å². The third kappa shape index (κ3) is 3.58. The van der Waals surface area contributed by atoms with E-state index in [1.165, 1.54) is 0 Å². The monoisotopic (exact) mass is 354 g/mol. The van der Waals surface area contributed by atoms with Gasteiger partial charge in [-0.25, -0.2) is 0 Å². The molecular formula is C16H23BrN2O2. The molecular weight excluding hydrogens is 332 g/mol. The van der Waals surface area contributed by atoms with Crippen LogP contribution in [0.25, 0.3) is 0 Å². The Morgan fingerprint density at radius 1 is 1.38 bits per heavy atom. The highest BCUT2D eigenvalue weighted by Gasteiger charge is 2.34. The van der Waals surface area contributed by atoms with Gasteiger partial charge in [0.2, 0.25) is 5.91 Å². The predicted octanol–water partition coefficient (Wildman–Crippen LogP) is 3.66. The summed E-state index contributed by atoms with van der Waals surface area (Å²) in [5, 5.41) is 2.98. The van der Waals surface area contributed by atoms with Crippen LogP contribution in [0.1, 0.15) is 33.6 Å². The van der Waals surface area contributed by atoms with Crippen LogP contribution in [-0.4, -0.2) is 36.0 Å². The third-order valence-electron chi connectivity index (χ3n) is 4.27. The Bertz CT molecular complexity index is 511. The predicted molar refractivity (Wildman–Crippen MR) is 88.8 cm³/mol. The number of carbonyl (C=O) groups is 1. The number of nitrogens with one attached hydrogen (secondary N) is 1. The second-order valence-corrected chi connectivity index (χ2v) is 6.65. The number of ether oxygens (including phenoxy) is 1. The lowest BCUT2D eigenvalue weighted by atomic mass is 10.2. The van der Waals surface area contributed by atoms with Crippen LogP contribution >= 0.6 is 15.9 Å². The first-order valence-electron chi connectivity index (χ1n) is 7.36. The average Bonchev–Trinajstić information content (AvgIpc) is 2.77. The highest BCUT2D eigenvalue weighted by molar-refractivity contribution is 9.10. The average molecular weight is 355 g/mol. The number of anilines is 1. The summed E-state index contributed by atoms with van der Waals surface area (Å²) >= 11 is 3.42. The van der Waals surface area contributed by atoms with Gasteiger partial charge in [-0.05, 0) is 51.8 Å². The fraction of sp³-hybridized carbons (Fsp3) is 0.562. The molecule has 1 fully saturated rings. The zero-order valence-corrected chi connectivity index (χ0v) is 14.6. The lowest BCUT2D eigenvalue weighted by Crippen LogP contribution is -2.46. The van der Waals surface area contributed by atoms with Gasteiger partial charge < -0.3 is 10.1 Å². The van der Waals surface area contributed by atoms with Crippen molar-refractivity contribution in [1.82, 2.24) is 4.90 Å². The highest BCUT2D eigenvalue weighted by Crippen LogP contribution is 2.30.